The number of aliphatic imine (C=N–C) groups is 1. The van der Waals surface area contributed by atoms with Crippen molar-refractivity contribution in [3.05, 3.63) is 23.1 Å². The van der Waals surface area contributed by atoms with Crippen molar-refractivity contribution in [1.29, 1.82) is 0 Å². The molecule has 0 unspecified atom stereocenters. The molecule has 1 N–H and O–H groups in total. The molecule has 0 atom stereocenters. The summed E-state index contributed by atoms with van der Waals surface area (Å²) in [7, 11) is 1.63. The van der Waals surface area contributed by atoms with Gasteiger partial charge in [0.1, 0.15) is 11.8 Å². The van der Waals surface area contributed by atoms with Gasteiger partial charge in [0.25, 0.3) is 0 Å². The van der Waals surface area contributed by atoms with E-state index in [9.17, 15) is 0 Å². The third-order valence-corrected chi connectivity index (χ3v) is 1.96. The van der Waals surface area contributed by atoms with Crippen molar-refractivity contribution in [2.24, 2.45) is 4.99 Å². The molecule has 1 radical (unpaired) electrons. The van der Waals surface area contributed by atoms with Crippen molar-refractivity contribution in [2.75, 3.05) is 13.8 Å². The average molecular weight is 197 g/mol. The molecule has 2 rings (SSSR count). The average Bonchev–Trinajstić information content (AvgIpc) is 2.49. The molecule has 0 bridgehead atoms. The maximum absolute atomic E-state index is 5.09. The number of fused-ring (bicyclic) bond motifs is 1. The molecule has 2 aliphatic rings. The van der Waals surface area contributed by atoms with Gasteiger partial charge in [0, 0.05) is 13.3 Å². The second kappa shape index (κ2) is 3.33. The van der Waals surface area contributed by atoms with Gasteiger partial charge in [0.15, 0.2) is 5.82 Å². The first-order valence-electron chi connectivity index (χ1n) is 3.76. The van der Waals surface area contributed by atoms with Crippen LogP contribution < -0.4 is 5.53 Å². The Labute approximate surface area is 81.7 Å². The molecular formula is C7H9N4OS. The zero-order valence-electron chi connectivity index (χ0n) is 7.10. The molecule has 69 valence electrons. The summed E-state index contributed by atoms with van der Waals surface area (Å²) in [6.07, 6.45) is 5.28. The Morgan fingerprint density at radius 2 is 2.54 bits per heavy atom. The van der Waals surface area contributed by atoms with Gasteiger partial charge < -0.3 is 4.74 Å². The number of allylic oxidation sites excluding steroid dienone is 1. The molecule has 0 fully saturated rings. The van der Waals surface area contributed by atoms with E-state index >= 15 is 0 Å². The minimum absolute atomic E-state index is 0.456. The summed E-state index contributed by atoms with van der Waals surface area (Å²) in [6, 6.07) is 0. The van der Waals surface area contributed by atoms with Crippen molar-refractivity contribution < 1.29 is 4.74 Å². The SMILES string of the molecule is COCN1C=C2N=CC=C([S])N2N1. The molecule has 0 aliphatic carbocycles. The second-order valence-electron chi connectivity index (χ2n) is 2.59. The second-order valence-corrected chi connectivity index (χ2v) is 3.01. The van der Waals surface area contributed by atoms with Crippen molar-refractivity contribution in [3.8, 4) is 0 Å². The maximum atomic E-state index is 5.09. The van der Waals surface area contributed by atoms with E-state index < -0.39 is 0 Å². The molecule has 6 heteroatoms. The van der Waals surface area contributed by atoms with E-state index in [4.69, 9.17) is 17.4 Å². The van der Waals surface area contributed by atoms with Crippen LogP contribution >= 0.6 is 12.6 Å². The van der Waals surface area contributed by atoms with E-state index in [0.29, 0.717) is 11.8 Å². The molecule has 0 amide bonds. The largest absolute Gasteiger partial charge is 0.363 e. The van der Waals surface area contributed by atoms with Crippen LogP contribution in [0, 0.1) is 0 Å². The Kier molecular flexibility index (Phi) is 2.17. The zero-order valence-corrected chi connectivity index (χ0v) is 7.91. The molecule has 0 aromatic carbocycles. The van der Waals surface area contributed by atoms with Crippen LogP contribution in [0.1, 0.15) is 0 Å². The van der Waals surface area contributed by atoms with Gasteiger partial charge >= 0.3 is 0 Å². The molecule has 5 nitrogen and oxygen atoms in total. The first-order valence-corrected chi connectivity index (χ1v) is 4.17. The summed E-state index contributed by atoms with van der Waals surface area (Å²) < 4.78 is 4.95. The minimum Gasteiger partial charge on any atom is -0.363 e. The number of hydrazine groups is 2. The van der Waals surface area contributed by atoms with Crippen molar-refractivity contribution in [1.82, 2.24) is 15.6 Å². The Morgan fingerprint density at radius 3 is 3.23 bits per heavy atom. The van der Waals surface area contributed by atoms with Crippen LogP contribution in [-0.4, -0.2) is 30.1 Å². The summed E-state index contributed by atoms with van der Waals surface area (Å²) in [6.45, 7) is 0.456. The number of nitrogens with one attached hydrogen (secondary N) is 1. The lowest BCUT2D eigenvalue weighted by Crippen LogP contribution is -2.40. The highest BCUT2D eigenvalue weighted by molar-refractivity contribution is 7.84. The van der Waals surface area contributed by atoms with Crippen LogP contribution in [0.3, 0.4) is 0 Å². The summed E-state index contributed by atoms with van der Waals surface area (Å²) in [5, 5.41) is 4.17. The third-order valence-electron chi connectivity index (χ3n) is 1.64. The molecule has 0 saturated heterocycles. The van der Waals surface area contributed by atoms with Crippen molar-refractivity contribution >= 4 is 18.8 Å². The maximum Gasteiger partial charge on any atom is 0.167 e. The van der Waals surface area contributed by atoms with Gasteiger partial charge in [0.2, 0.25) is 0 Å². The van der Waals surface area contributed by atoms with E-state index in [1.165, 1.54) is 0 Å². The summed E-state index contributed by atoms with van der Waals surface area (Å²) in [5.74, 6) is 0.782. The van der Waals surface area contributed by atoms with Crippen LogP contribution in [-0.2, 0) is 4.74 Å². The highest BCUT2D eigenvalue weighted by Crippen LogP contribution is 2.22. The number of methoxy groups -OCH3 is 1. The lowest BCUT2D eigenvalue weighted by molar-refractivity contribution is 0.0363. The molecule has 0 saturated carbocycles. The number of hydrogen-bond acceptors (Lipinski definition) is 5. The van der Waals surface area contributed by atoms with Crippen LogP contribution in [0.4, 0.5) is 0 Å². The summed E-state index contributed by atoms with van der Waals surface area (Å²) >= 11 is 5.09. The number of hydrogen-bond donors (Lipinski definition) is 1. The highest BCUT2D eigenvalue weighted by atomic mass is 32.1. The number of nitrogens with zero attached hydrogens (tertiary/aromatic N) is 3. The van der Waals surface area contributed by atoms with Crippen LogP contribution in [0.2, 0.25) is 0 Å². The zero-order chi connectivity index (χ0) is 9.26. The fourth-order valence-electron chi connectivity index (χ4n) is 1.12. The monoisotopic (exact) mass is 197 g/mol. The fraction of sp³-hybridized carbons (Fsp3) is 0.286. The molecular weight excluding hydrogens is 188 g/mol. The third kappa shape index (κ3) is 1.51. The molecule has 0 aromatic rings. The van der Waals surface area contributed by atoms with E-state index in [1.807, 2.05) is 6.20 Å². The van der Waals surface area contributed by atoms with E-state index in [-0.39, 0.29) is 0 Å². The molecule has 13 heavy (non-hydrogen) atoms. The van der Waals surface area contributed by atoms with Crippen LogP contribution in [0.25, 0.3) is 0 Å². The Bertz CT molecular complexity index is 299. The lowest BCUT2D eigenvalue weighted by Gasteiger charge is -2.22. The lowest BCUT2D eigenvalue weighted by atomic mass is 10.5. The predicted molar refractivity (Wildman–Crippen MR) is 50.9 cm³/mol. The first-order chi connectivity index (χ1) is 6.31. The first kappa shape index (κ1) is 8.49. The van der Waals surface area contributed by atoms with Gasteiger partial charge in [-0.2, -0.15) is 0 Å². The van der Waals surface area contributed by atoms with Crippen molar-refractivity contribution in [2.45, 2.75) is 0 Å². The predicted octanol–water partition coefficient (Wildman–Crippen LogP) is 0.550. The van der Waals surface area contributed by atoms with Gasteiger partial charge in [-0.1, -0.05) is 12.6 Å². The van der Waals surface area contributed by atoms with Crippen molar-refractivity contribution in [3.63, 3.8) is 0 Å². The van der Waals surface area contributed by atoms with E-state index in [1.54, 1.807) is 29.4 Å². The topological polar surface area (TPSA) is 40.1 Å². The summed E-state index contributed by atoms with van der Waals surface area (Å²) in [4.78, 5) is 4.13. The van der Waals surface area contributed by atoms with Gasteiger partial charge in [-0.15, -0.1) is 5.53 Å². The molecule has 2 heterocycles. The Hall–Kier alpha value is -1.11. The summed E-state index contributed by atoms with van der Waals surface area (Å²) in [5.41, 5.74) is 3.01. The quantitative estimate of drug-likeness (QED) is 0.701. The Morgan fingerprint density at radius 1 is 1.69 bits per heavy atom. The van der Waals surface area contributed by atoms with Gasteiger partial charge in [0.05, 0.1) is 6.20 Å². The van der Waals surface area contributed by atoms with Crippen LogP contribution in [0.5, 0.6) is 0 Å². The minimum atomic E-state index is 0.456. The normalized spacial score (nSPS) is 20.1. The van der Waals surface area contributed by atoms with E-state index in [0.717, 1.165) is 5.82 Å². The highest BCUT2D eigenvalue weighted by Gasteiger charge is 2.23. The molecule has 0 spiro atoms. The van der Waals surface area contributed by atoms with Gasteiger partial charge in [-0.25, -0.2) is 10.0 Å². The van der Waals surface area contributed by atoms with E-state index in [2.05, 4.69) is 10.5 Å². The van der Waals surface area contributed by atoms with Crippen LogP contribution in [0.15, 0.2) is 28.1 Å². The smallest absolute Gasteiger partial charge is 0.167 e. The standard InChI is InChI=1S/C7H9N4OS/c1-12-5-10-4-6-8-3-2-7(13)11(6)9-10/h2-4,9H,5H2,1H3. The number of rotatable bonds is 2. The Balaban J connectivity index is 2.13. The molecule has 2 aliphatic heterocycles. The van der Waals surface area contributed by atoms with Gasteiger partial charge in [-0.05, 0) is 6.08 Å². The number of ether oxygens (including phenoxy) is 1. The molecule has 0 aromatic heterocycles. The van der Waals surface area contributed by atoms with Gasteiger partial charge in [-0.3, -0.25) is 5.01 Å². The fourth-order valence-corrected chi connectivity index (χ4v) is 1.31.